The maximum absolute atomic E-state index is 9.63. The summed E-state index contributed by atoms with van der Waals surface area (Å²) in [6.07, 6.45) is 10.7. The molecule has 0 saturated heterocycles. The van der Waals surface area contributed by atoms with Crippen molar-refractivity contribution in [2.75, 3.05) is 13.7 Å². The topological polar surface area (TPSA) is 32.3 Å². The summed E-state index contributed by atoms with van der Waals surface area (Å²) in [5, 5.41) is 13.1. The van der Waals surface area contributed by atoms with Crippen molar-refractivity contribution in [3.8, 4) is 0 Å². The molecule has 0 bridgehead atoms. The summed E-state index contributed by atoms with van der Waals surface area (Å²) >= 11 is 0. The second-order valence-corrected chi connectivity index (χ2v) is 5.54. The Hall–Kier alpha value is -0.0800. The third-order valence-electron chi connectivity index (χ3n) is 4.76. The maximum atomic E-state index is 9.63. The van der Waals surface area contributed by atoms with Crippen LogP contribution in [0.3, 0.4) is 0 Å². The SMILES string of the molecule is CNC(C1CCCCC1)C1(CO)CCC1. The molecule has 2 heteroatoms. The van der Waals surface area contributed by atoms with Gasteiger partial charge in [-0.25, -0.2) is 0 Å². The van der Waals surface area contributed by atoms with Crippen molar-refractivity contribution in [3.63, 3.8) is 0 Å². The number of hydrogen-bond donors (Lipinski definition) is 2. The van der Waals surface area contributed by atoms with E-state index >= 15 is 0 Å². The molecule has 0 aromatic carbocycles. The Morgan fingerprint density at radius 2 is 1.87 bits per heavy atom. The lowest BCUT2D eigenvalue weighted by Crippen LogP contribution is -2.54. The van der Waals surface area contributed by atoms with Crippen LogP contribution in [-0.4, -0.2) is 24.8 Å². The van der Waals surface area contributed by atoms with E-state index in [2.05, 4.69) is 12.4 Å². The summed E-state index contributed by atoms with van der Waals surface area (Å²) in [4.78, 5) is 0. The molecule has 2 nitrogen and oxygen atoms in total. The van der Waals surface area contributed by atoms with Crippen molar-refractivity contribution >= 4 is 0 Å². The molecule has 0 amide bonds. The third kappa shape index (κ3) is 2.07. The van der Waals surface area contributed by atoms with Gasteiger partial charge in [0.05, 0.1) is 6.61 Å². The normalized spacial score (nSPS) is 28.4. The van der Waals surface area contributed by atoms with Gasteiger partial charge in [0, 0.05) is 11.5 Å². The smallest absolute Gasteiger partial charge is 0.0502 e. The Morgan fingerprint density at radius 1 is 1.20 bits per heavy atom. The average Bonchev–Trinajstić information content (AvgIpc) is 2.24. The molecular formula is C13H25NO. The van der Waals surface area contributed by atoms with Crippen molar-refractivity contribution in [3.05, 3.63) is 0 Å². The van der Waals surface area contributed by atoms with Gasteiger partial charge < -0.3 is 10.4 Å². The minimum absolute atomic E-state index is 0.233. The first-order chi connectivity index (χ1) is 7.32. The molecule has 2 N–H and O–H groups in total. The molecule has 0 aromatic rings. The van der Waals surface area contributed by atoms with E-state index in [1.54, 1.807) is 0 Å². The van der Waals surface area contributed by atoms with E-state index < -0.39 is 0 Å². The van der Waals surface area contributed by atoms with E-state index in [-0.39, 0.29) is 5.41 Å². The van der Waals surface area contributed by atoms with Gasteiger partial charge in [0.1, 0.15) is 0 Å². The van der Waals surface area contributed by atoms with Crippen molar-refractivity contribution in [1.82, 2.24) is 5.32 Å². The van der Waals surface area contributed by atoms with Gasteiger partial charge in [-0.1, -0.05) is 25.7 Å². The minimum Gasteiger partial charge on any atom is -0.396 e. The van der Waals surface area contributed by atoms with E-state index in [0.717, 1.165) is 5.92 Å². The van der Waals surface area contributed by atoms with Crippen LogP contribution < -0.4 is 5.32 Å². The van der Waals surface area contributed by atoms with E-state index in [4.69, 9.17) is 0 Å². The molecular weight excluding hydrogens is 186 g/mol. The molecule has 0 aliphatic heterocycles. The van der Waals surface area contributed by atoms with Crippen LogP contribution >= 0.6 is 0 Å². The van der Waals surface area contributed by atoms with Crippen LogP contribution in [0.25, 0.3) is 0 Å². The molecule has 2 aliphatic carbocycles. The molecule has 88 valence electrons. The third-order valence-corrected chi connectivity index (χ3v) is 4.76. The minimum atomic E-state index is 0.233. The van der Waals surface area contributed by atoms with Crippen molar-refractivity contribution < 1.29 is 5.11 Å². The van der Waals surface area contributed by atoms with Crippen molar-refractivity contribution in [2.45, 2.75) is 57.4 Å². The van der Waals surface area contributed by atoms with Gasteiger partial charge in [-0.05, 0) is 38.6 Å². The zero-order chi connectivity index (χ0) is 10.7. The highest BCUT2D eigenvalue weighted by atomic mass is 16.3. The van der Waals surface area contributed by atoms with Gasteiger partial charge in [-0.3, -0.25) is 0 Å². The van der Waals surface area contributed by atoms with Gasteiger partial charge in [0.15, 0.2) is 0 Å². The average molecular weight is 211 g/mol. The van der Waals surface area contributed by atoms with Crippen molar-refractivity contribution in [2.24, 2.45) is 11.3 Å². The Morgan fingerprint density at radius 3 is 2.27 bits per heavy atom. The highest BCUT2D eigenvalue weighted by Crippen LogP contribution is 2.47. The Balaban J connectivity index is 2.01. The van der Waals surface area contributed by atoms with Gasteiger partial charge in [0.2, 0.25) is 0 Å². The Bertz CT molecular complexity index is 189. The van der Waals surface area contributed by atoms with Crippen LogP contribution in [0.2, 0.25) is 0 Å². The zero-order valence-electron chi connectivity index (χ0n) is 9.97. The first-order valence-corrected chi connectivity index (χ1v) is 6.60. The van der Waals surface area contributed by atoms with Crippen LogP contribution in [0.15, 0.2) is 0 Å². The molecule has 15 heavy (non-hydrogen) atoms. The van der Waals surface area contributed by atoms with Crippen LogP contribution in [0.4, 0.5) is 0 Å². The molecule has 0 spiro atoms. The fourth-order valence-electron chi connectivity index (χ4n) is 3.71. The predicted molar refractivity (Wildman–Crippen MR) is 62.8 cm³/mol. The fourth-order valence-corrected chi connectivity index (χ4v) is 3.71. The molecule has 2 saturated carbocycles. The molecule has 2 rings (SSSR count). The fraction of sp³-hybridized carbons (Fsp3) is 1.00. The lowest BCUT2D eigenvalue weighted by molar-refractivity contribution is -0.0181. The summed E-state index contributed by atoms with van der Waals surface area (Å²) in [5.74, 6) is 0.816. The summed E-state index contributed by atoms with van der Waals surface area (Å²) in [5.41, 5.74) is 0.233. The Kier molecular flexibility index (Phi) is 3.68. The largest absolute Gasteiger partial charge is 0.396 e. The Labute approximate surface area is 93.5 Å². The number of rotatable bonds is 4. The molecule has 1 unspecified atom stereocenters. The first kappa shape index (κ1) is 11.4. The molecule has 0 aromatic heterocycles. The number of hydrogen-bond acceptors (Lipinski definition) is 2. The van der Waals surface area contributed by atoms with Gasteiger partial charge in [-0.2, -0.15) is 0 Å². The number of aliphatic hydroxyl groups excluding tert-OH is 1. The monoisotopic (exact) mass is 211 g/mol. The second-order valence-electron chi connectivity index (χ2n) is 5.54. The van der Waals surface area contributed by atoms with Crippen LogP contribution in [0.5, 0.6) is 0 Å². The van der Waals surface area contributed by atoms with Gasteiger partial charge in [-0.15, -0.1) is 0 Å². The molecule has 2 aliphatic rings. The maximum Gasteiger partial charge on any atom is 0.0502 e. The zero-order valence-corrected chi connectivity index (χ0v) is 9.97. The second kappa shape index (κ2) is 4.84. The van der Waals surface area contributed by atoms with E-state index in [0.29, 0.717) is 12.6 Å². The standard InChI is InChI=1S/C13H25NO/c1-14-12(11-6-3-2-4-7-11)13(10-15)8-5-9-13/h11-12,14-15H,2-10H2,1H3. The highest BCUT2D eigenvalue weighted by molar-refractivity contribution is 4.99. The van der Waals surface area contributed by atoms with Crippen LogP contribution in [0.1, 0.15) is 51.4 Å². The summed E-state index contributed by atoms with van der Waals surface area (Å²) < 4.78 is 0. The summed E-state index contributed by atoms with van der Waals surface area (Å²) in [7, 11) is 2.08. The summed E-state index contributed by atoms with van der Waals surface area (Å²) in [6, 6.07) is 0.566. The molecule has 0 heterocycles. The van der Waals surface area contributed by atoms with Crippen LogP contribution in [0, 0.1) is 11.3 Å². The van der Waals surface area contributed by atoms with E-state index in [9.17, 15) is 5.11 Å². The van der Waals surface area contributed by atoms with Crippen molar-refractivity contribution in [1.29, 1.82) is 0 Å². The summed E-state index contributed by atoms with van der Waals surface area (Å²) in [6.45, 7) is 0.384. The predicted octanol–water partition coefficient (Wildman–Crippen LogP) is 2.32. The lowest BCUT2D eigenvalue weighted by atomic mass is 9.60. The van der Waals surface area contributed by atoms with E-state index in [1.807, 2.05) is 0 Å². The lowest BCUT2D eigenvalue weighted by Gasteiger charge is -2.50. The van der Waals surface area contributed by atoms with Crippen LogP contribution in [-0.2, 0) is 0 Å². The molecule has 1 atom stereocenters. The molecule has 0 radical (unpaired) electrons. The van der Waals surface area contributed by atoms with Gasteiger partial charge in [0.25, 0.3) is 0 Å². The van der Waals surface area contributed by atoms with E-state index in [1.165, 1.54) is 51.4 Å². The van der Waals surface area contributed by atoms with Gasteiger partial charge >= 0.3 is 0 Å². The first-order valence-electron chi connectivity index (χ1n) is 6.60. The quantitative estimate of drug-likeness (QED) is 0.748. The highest BCUT2D eigenvalue weighted by Gasteiger charge is 2.45. The number of aliphatic hydroxyl groups is 1. The number of nitrogens with one attached hydrogen (secondary N) is 1. The molecule has 2 fully saturated rings.